The van der Waals surface area contributed by atoms with Crippen molar-refractivity contribution in [1.82, 2.24) is 0 Å². The second-order valence-corrected chi connectivity index (χ2v) is 11.3. The van der Waals surface area contributed by atoms with E-state index >= 15 is 0 Å². The van der Waals surface area contributed by atoms with Crippen molar-refractivity contribution in [3.05, 3.63) is 29.3 Å². The summed E-state index contributed by atoms with van der Waals surface area (Å²) in [6.07, 6.45) is 8.87. The van der Waals surface area contributed by atoms with Gasteiger partial charge in [-0.3, -0.25) is 4.79 Å². The van der Waals surface area contributed by atoms with E-state index in [0.717, 1.165) is 49.4 Å². The summed E-state index contributed by atoms with van der Waals surface area (Å²) in [7, 11) is 0. The average Bonchev–Trinajstić information content (AvgIpc) is 3.05. The van der Waals surface area contributed by atoms with E-state index in [1.807, 2.05) is 12.1 Å². The Bertz CT molecular complexity index is 736. The second kappa shape index (κ2) is 9.45. The molecule has 2 saturated carbocycles. The molecule has 6 atom stereocenters. The highest BCUT2D eigenvalue weighted by Crippen LogP contribution is 2.60. The number of carbonyl (C=O) groups excluding carboxylic acids is 1. The molecular weight excluding hydrogens is 368 g/mol. The molecule has 168 valence electrons. The van der Waals surface area contributed by atoms with Gasteiger partial charge in [0.2, 0.25) is 0 Å². The Morgan fingerprint density at radius 2 is 1.87 bits per heavy atom. The highest BCUT2D eigenvalue weighted by atomic mass is 16.3. The summed E-state index contributed by atoms with van der Waals surface area (Å²) in [5.74, 6) is 4.66. The van der Waals surface area contributed by atoms with E-state index < -0.39 is 0 Å². The fraction of sp³-hybridized carbons (Fsp3) is 0.750. The molecule has 3 rings (SSSR count). The minimum absolute atomic E-state index is 0.206. The van der Waals surface area contributed by atoms with Crippen LogP contribution in [-0.2, 0) is 11.2 Å². The zero-order chi connectivity index (χ0) is 22.1. The van der Waals surface area contributed by atoms with Gasteiger partial charge >= 0.3 is 0 Å². The third kappa shape index (κ3) is 4.78. The highest BCUT2D eigenvalue weighted by molar-refractivity contribution is 5.82. The Kier molecular flexibility index (Phi) is 7.36. The largest absolute Gasteiger partial charge is 0.508 e. The van der Waals surface area contributed by atoms with Crippen molar-refractivity contribution < 1.29 is 9.90 Å². The minimum Gasteiger partial charge on any atom is -0.508 e. The van der Waals surface area contributed by atoms with Gasteiger partial charge in [0.25, 0.3) is 0 Å². The smallest absolute Gasteiger partial charge is 0.136 e. The number of Topliss-reactive ketones (excluding diaryl/α,β-unsaturated/α-hetero) is 1. The zero-order valence-corrected chi connectivity index (χ0v) is 20.2. The summed E-state index contributed by atoms with van der Waals surface area (Å²) in [4.78, 5) is 13.0. The number of ketones is 1. The molecule has 30 heavy (non-hydrogen) atoms. The Morgan fingerprint density at radius 3 is 2.57 bits per heavy atom. The molecule has 2 heteroatoms. The average molecular weight is 413 g/mol. The number of rotatable bonds is 8. The first-order valence-corrected chi connectivity index (χ1v) is 12.4. The van der Waals surface area contributed by atoms with E-state index in [2.05, 4.69) is 41.5 Å². The zero-order valence-electron chi connectivity index (χ0n) is 20.2. The molecule has 0 aliphatic heterocycles. The van der Waals surface area contributed by atoms with Crippen LogP contribution in [0, 0.1) is 47.8 Å². The van der Waals surface area contributed by atoms with Crippen molar-refractivity contribution >= 4 is 5.78 Å². The molecule has 1 unspecified atom stereocenters. The van der Waals surface area contributed by atoms with Crippen LogP contribution in [0.25, 0.3) is 0 Å². The Balaban J connectivity index is 1.68. The molecule has 0 spiro atoms. The van der Waals surface area contributed by atoms with Crippen molar-refractivity contribution in [2.75, 3.05) is 0 Å². The van der Waals surface area contributed by atoms with E-state index in [1.165, 1.54) is 36.8 Å². The van der Waals surface area contributed by atoms with Gasteiger partial charge in [0.05, 0.1) is 0 Å². The van der Waals surface area contributed by atoms with E-state index in [0.29, 0.717) is 22.9 Å². The third-order valence-corrected chi connectivity index (χ3v) is 9.25. The monoisotopic (exact) mass is 412 g/mol. The SMILES string of the molecule is Cc1ccc(O)cc1CC[C@@H]1C(=O)CC[C@]2(C)[C@@H]([C@H](C)CCC(C)C(C)C)CC[C@@H]12. The third-order valence-electron chi connectivity index (χ3n) is 9.25. The fourth-order valence-corrected chi connectivity index (χ4v) is 6.72. The number of fused-ring (bicyclic) bond motifs is 1. The lowest BCUT2D eigenvalue weighted by Crippen LogP contribution is -2.43. The first kappa shape index (κ1) is 23.4. The van der Waals surface area contributed by atoms with Gasteiger partial charge in [-0.15, -0.1) is 0 Å². The summed E-state index contributed by atoms with van der Waals surface area (Å²) >= 11 is 0. The van der Waals surface area contributed by atoms with Crippen molar-refractivity contribution in [3.8, 4) is 5.75 Å². The van der Waals surface area contributed by atoms with Crippen LogP contribution in [0.3, 0.4) is 0 Å². The molecule has 2 aliphatic carbocycles. The lowest BCUT2D eigenvalue weighted by atomic mass is 9.58. The van der Waals surface area contributed by atoms with Crippen LogP contribution in [0.2, 0.25) is 0 Å². The van der Waals surface area contributed by atoms with Gasteiger partial charge in [-0.2, -0.15) is 0 Å². The van der Waals surface area contributed by atoms with Crippen molar-refractivity contribution in [2.45, 2.75) is 92.9 Å². The normalized spacial score (nSPS) is 31.0. The summed E-state index contributed by atoms with van der Waals surface area (Å²) < 4.78 is 0. The van der Waals surface area contributed by atoms with E-state index in [-0.39, 0.29) is 5.92 Å². The summed E-state index contributed by atoms with van der Waals surface area (Å²) in [5.41, 5.74) is 2.74. The molecule has 2 nitrogen and oxygen atoms in total. The second-order valence-electron chi connectivity index (χ2n) is 11.3. The topological polar surface area (TPSA) is 37.3 Å². The number of hydrogen-bond acceptors (Lipinski definition) is 2. The van der Waals surface area contributed by atoms with Crippen LogP contribution in [0.15, 0.2) is 18.2 Å². The molecule has 0 aromatic heterocycles. The summed E-state index contributed by atoms with van der Waals surface area (Å²) in [5, 5.41) is 9.87. The molecule has 1 N–H and O–H groups in total. The molecule has 0 saturated heterocycles. The number of phenols is 1. The van der Waals surface area contributed by atoms with Crippen molar-refractivity contribution in [3.63, 3.8) is 0 Å². The van der Waals surface area contributed by atoms with Crippen LogP contribution in [-0.4, -0.2) is 10.9 Å². The molecule has 0 heterocycles. The van der Waals surface area contributed by atoms with Crippen molar-refractivity contribution in [1.29, 1.82) is 0 Å². The van der Waals surface area contributed by atoms with Crippen LogP contribution in [0.5, 0.6) is 5.75 Å². The molecule has 2 fully saturated rings. The number of aryl methyl sites for hydroxylation is 2. The predicted octanol–water partition coefficient (Wildman–Crippen LogP) is 7.35. The summed E-state index contributed by atoms with van der Waals surface area (Å²) in [6.45, 7) is 14.2. The standard InChI is InChI=1S/C28H44O2/c1-18(2)19(3)7-8-21(5)25-13-14-26-24(27(30)15-16-28(25,26)6)12-10-22-17-23(29)11-9-20(22)4/h9,11,17-19,21,24-26,29H,7-8,10,12-16H2,1-6H3/t19?,21-,24+,25-,26+,28-/m1/s1. The van der Waals surface area contributed by atoms with Crippen LogP contribution in [0.4, 0.5) is 0 Å². The number of aromatic hydroxyl groups is 1. The predicted molar refractivity (Wildman–Crippen MR) is 126 cm³/mol. The summed E-state index contributed by atoms with van der Waals surface area (Å²) in [6, 6.07) is 5.63. The van der Waals surface area contributed by atoms with E-state index in [4.69, 9.17) is 0 Å². The number of hydrogen-bond donors (Lipinski definition) is 1. The molecule has 1 aromatic carbocycles. The maximum absolute atomic E-state index is 13.0. The molecular formula is C28H44O2. The fourth-order valence-electron chi connectivity index (χ4n) is 6.72. The van der Waals surface area contributed by atoms with Crippen LogP contribution < -0.4 is 0 Å². The van der Waals surface area contributed by atoms with Gasteiger partial charge in [0.1, 0.15) is 11.5 Å². The minimum atomic E-state index is 0.206. The van der Waals surface area contributed by atoms with E-state index in [1.54, 1.807) is 6.07 Å². The highest BCUT2D eigenvalue weighted by Gasteiger charge is 2.54. The first-order chi connectivity index (χ1) is 14.1. The van der Waals surface area contributed by atoms with Gasteiger partial charge in [0, 0.05) is 12.3 Å². The Hall–Kier alpha value is -1.31. The first-order valence-electron chi connectivity index (χ1n) is 12.4. The molecule has 2 aliphatic rings. The van der Waals surface area contributed by atoms with Gasteiger partial charge < -0.3 is 5.11 Å². The van der Waals surface area contributed by atoms with E-state index in [9.17, 15) is 9.90 Å². The van der Waals surface area contributed by atoms with Gasteiger partial charge in [-0.1, -0.05) is 53.5 Å². The Morgan fingerprint density at radius 1 is 1.13 bits per heavy atom. The lowest BCUT2D eigenvalue weighted by Gasteiger charge is -2.46. The van der Waals surface area contributed by atoms with Crippen molar-refractivity contribution in [2.24, 2.45) is 40.9 Å². The maximum Gasteiger partial charge on any atom is 0.136 e. The molecule has 0 bridgehead atoms. The van der Waals surface area contributed by atoms with Gasteiger partial charge in [-0.05, 0) is 97.3 Å². The quantitative estimate of drug-likeness (QED) is 0.484. The van der Waals surface area contributed by atoms with Gasteiger partial charge in [0.15, 0.2) is 0 Å². The van der Waals surface area contributed by atoms with Crippen LogP contribution in [0.1, 0.15) is 90.7 Å². The number of carbonyl (C=O) groups is 1. The number of phenolic OH excluding ortho intramolecular Hbond substituents is 1. The number of benzene rings is 1. The lowest BCUT2D eigenvalue weighted by molar-refractivity contribution is -0.132. The molecule has 0 radical (unpaired) electrons. The molecule has 1 aromatic rings. The Labute approximate surface area is 184 Å². The maximum atomic E-state index is 13.0. The van der Waals surface area contributed by atoms with Gasteiger partial charge in [-0.25, -0.2) is 0 Å². The molecule has 0 amide bonds. The van der Waals surface area contributed by atoms with Crippen LogP contribution >= 0.6 is 0 Å².